The fourth-order valence-corrected chi connectivity index (χ4v) is 4.42. The highest BCUT2D eigenvalue weighted by Crippen LogP contribution is 2.36. The monoisotopic (exact) mass is 470 g/mol. The van der Waals surface area contributed by atoms with Crippen molar-refractivity contribution >= 4 is 51.4 Å². The molecule has 0 aliphatic carbocycles. The molecule has 0 bridgehead atoms. The molecule has 3 aromatic carbocycles. The highest BCUT2D eigenvalue weighted by Gasteiger charge is 2.36. The number of anilines is 1. The zero-order valence-corrected chi connectivity index (χ0v) is 19.6. The summed E-state index contributed by atoms with van der Waals surface area (Å²) < 4.78 is 5.68. The van der Waals surface area contributed by atoms with Gasteiger partial charge < -0.3 is 10.1 Å². The lowest BCUT2D eigenvalue weighted by molar-refractivity contribution is -0.127. The number of hydrogen-bond donors (Lipinski definition) is 1. The van der Waals surface area contributed by atoms with E-state index in [0.717, 1.165) is 38.6 Å². The van der Waals surface area contributed by atoms with Crippen LogP contribution in [0.1, 0.15) is 16.7 Å². The second-order valence-electron chi connectivity index (χ2n) is 7.81. The third-order valence-corrected chi connectivity index (χ3v) is 6.39. The van der Waals surface area contributed by atoms with Gasteiger partial charge in [0.05, 0.1) is 4.91 Å². The number of carbonyl (C=O) groups is 3. The van der Waals surface area contributed by atoms with E-state index in [0.29, 0.717) is 17.0 Å². The Morgan fingerprint density at radius 1 is 1.12 bits per heavy atom. The molecule has 3 amide bonds. The molecule has 1 saturated heterocycles. The third-order valence-electron chi connectivity index (χ3n) is 5.48. The molecule has 6 nitrogen and oxygen atoms in total. The largest absolute Gasteiger partial charge is 0.480 e. The average Bonchev–Trinajstić information content (AvgIpc) is 3.08. The summed E-state index contributed by atoms with van der Waals surface area (Å²) in [5.41, 5.74) is 3.40. The lowest BCUT2D eigenvalue weighted by Crippen LogP contribution is -2.36. The molecule has 7 heteroatoms. The maximum atomic E-state index is 13.0. The molecular formula is C27H22N2O4S. The van der Waals surface area contributed by atoms with Crippen molar-refractivity contribution in [2.45, 2.75) is 13.8 Å². The van der Waals surface area contributed by atoms with E-state index in [2.05, 4.69) is 11.2 Å². The van der Waals surface area contributed by atoms with E-state index in [1.165, 1.54) is 0 Å². The Hall–Kier alpha value is -4.02. The van der Waals surface area contributed by atoms with Crippen molar-refractivity contribution in [2.24, 2.45) is 0 Å². The summed E-state index contributed by atoms with van der Waals surface area (Å²) >= 11 is 0.793. The van der Waals surface area contributed by atoms with Gasteiger partial charge in [0.25, 0.3) is 11.1 Å². The Morgan fingerprint density at radius 3 is 2.68 bits per heavy atom. The lowest BCUT2D eigenvalue weighted by Gasteiger charge is -2.13. The minimum absolute atomic E-state index is 0.0688. The molecule has 0 aromatic heterocycles. The first-order valence-electron chi connectivity index (χ1n) is 10.6. The topological polar surface area (TPSA) is 75.7 Å². The van der Waals surface area contributed by atoms with E-state index in [1.54, 1.807) is 18.2 Å². The predicted molar refractivity (Wildman–Crippen MR) is 135 cm³/mol. The van der Waals surface area contributed by atoms with Gasteiger partial charge in [-0.2, -0.15) is 0 Å². The number of carbonyl (C=O) groups excluding carboxylic acids is 3. The quantitative estimate of drug-likeness (QED) is 0.399. The van der Waals surface area contributed by atoms with E-state index in [-0.39, 0.29) is 18.1 Å². The van der Waals surface area contributed by atoms with Gasteiger partial charge in [-0.15, -0.1) is 6.42 Å². The standard InChI is InChI=1S/C27H22N2O4S/c1-4-13-33-23-12-10-19-7-5-6-8-21(19)22(23)15-24-26(31)29(27(32)34-24)16-25(30)28-20-11-9-17(2)18(3)14-20/h1,5-12,14-15H,13,16H2,2-3H3,(H,28,30). The summed E-state index contributed by atoms with van der Waals surface area (Å²) in [6.45, 7) is 3.62. The van der Waals surface area contributed by atoms with E-state index >= 15 is 0 Å². The van der Waals surface area contributed by atoms with Gasteiger partial charge in [-0.25, -0.2) is 0 Å². The van der Waals surface area contributed by atoms with Crippen molar-refractivity contribution in [2.75, 3.05) is 18.5 Å². The van der Waals surface area contributed by atoms with Gasteiger partial charge in [0.15, 0.2) is 0 Å². The smallest absolute Gasteiger partial charge is 0.294 e. The number of terminal acetylenes is 1. The number of ether oxygens (including phenoxy) is 1. The summed E-state index contributed by atoms with van der Waals surface area (Å²) in [4.78, 5) is 39.3. The lowest BCUT2D eigenvalue weighted by atomic mass is 10.0. The summed E-state index contributed by atoms with van der Waals surface area (Å²) in [6, 6.07) is 16.9. The second kappa shape index (κ2) is 9.86. The molecule has 0 atom stereocenters. The van der Waals surface area contributed by atoms with Crippen LogP contribution in [0.25, 0.3) is 16.8 Å². The molecule has 4 rings (SSSR count). The maximum absolute atomic E-state index is 13.0. The van der Waals surface area contributed by atoms with Gasteiger partial charge >= 0.3 is 0 Å². The number of rotatable bonds is 6. The normalized spacial score (nSPS) is 14.5. The molecule has 1 heterocycles. The first kappa shape index (κ1) is 23.1. The zero-order chi connectivity index (χ0) is 24.2. The number of nitrogens with zero attached hydrogens (tertiary/aromatic N) is 1. The average molecular weight is 471 g/mol. The van der Waals surface area contributed by atoms with Crippen LogP contribution < -0.4 is 10.1 Å². The Bertz CT molecular complexity index is 1390. The molecule has 1 N–H and O–H groups in total. The van der Waals surface area contributed by atoms with Crippen LogP contribution >= 0.6 is 11.8 Å². The molecule has 0 saturated carbocycles. The minimum Gasteiger partial charge on any atom is -0.480 e. The number of imide groups is 1. The molecule has 0 radical (unpaired) electrons. The van der Waals surface area contributed by atoms with Gasteiger partial charge in [-0.05, 0) is 71.8 Å². The molecule has 1 aliphatic rings. The van der Waals surface area contributed by atoms with Crippen LogP contribution in [0.15, 0.2) is 59.5 Å². The number of hydrogen-bond acceptors (Lipinski definition) is 5. The highest BCUT2D eigenvalue weighted by molar-refractivity contribution is 8.18. The Balaban J connectivity index is 1.58. The molecule has 0 unspecified atom stereocenters. The third kappa shape index (κ3) is 4.82. The number of benzene rings is 3. The fraction of sp³-hybridized carbons (Fsp3) is 0.148. The number of fused-ring (bicyclic) bond motifs is 1. The zero-order valence-electron chi connectivity index (χ0n) is 18.8. The number of amides is 3. The van der Waals surface area contributed by atoms with Crippen molar-refractivity contribution < 1.29 is 19.1 Å². The van der Waals surface area contributed by atoms with Crippen molar-refractivity contribution in [1.29, 1.82) is 0 Å². The molecule has 3 aromatic rings. The van der Waals surface area contributed by atoms with Crippen molar-refractivity contribution in [3.8, 4) is 18.1 Å². The fourth-order valence-electron chi connectivity index (χ4n) is 3.60. The number of nitrogens with one attached hydrogen (secondary N) is 1. The van der Waals surface area contributed by atoms with Crippen LogP contribution in [0.2, 0.25) is 0 Å². The highest BCUT2D eigenvalue weighted by atomic mass is 32.2. The Morgan fingerprint density at radius 2 is 1.91 bits per heavy atom. The van der Waals surface area contributed by atoms with Crippen molar-refractivity contribution in [1.82, 2.24) is 4.90 Å². The van der Waals surface area contributed by atoms with E-state index in [9.17, 15) is 14.4 Å². The molecular weight excluding hydrogens is 448 g/mol. The number of thioether (sulfide) groups is 1. The van der Waals surface area contributed by atoms with Gasteiger partial charge in [0.2, 0.25) is 5.91 Å². The minimum atomic E-state index is -0.527. The van der Waals surface area contributed by atoms with Crippen molar-refractivity contribution in [3.05, 3.63) is 76.2 Å². The van der Waals surface area contributed by atoms with Crippen LogP contribution in [0, 0.1) is 26.2 Å². The first-order valence-corrected chi connectivity index (χ1v) is 11.4. The van der Waals surface area contributed by atoms with E-state index in [1.807, 2.05) is 56.3 Å². The van der Waals surface area contributed by atoms with Crippen LogP contribution in [-0.4, -0.2) is 35.1 Å². The summed E-state index contributed by atoms with van der Waals surface area (Å²) in [5, 5.41) is 4.05. The second-order valence-corrected chi connectivity index (χ2v) is 8.80. The first-order chi connectivity index (χ1) is 16.4. The summed E-state index contributed by atoms with van der Waals surface area (Å²) in [6.07, 6.45) is 6.97. The van der Waals surface area contributed by atoms with Crippen molar-refractivity contribution in [3.63, 3.8) is 0 Å². The van der Waals surface area contributed by atoms with Crippen LogP contribution in [0.5, 0.6) is 5.75 Å². The van der Waals surface area contributed by atoms with E-state index < -0.39 is 17.1 Å². The molecule has 34 heavy (non-hydrogen) atoms. The number of aryl methyl sites for hydroxylation is 2. The van der Waals surface area contributed by atoms with Gasteiger partial charge in [-0.1, -0.05) is 42.3 Å². The van der Waals surface area contributed by atoms with Gasteiger partial charge in [0.1, 0.15) is 18.9 Å². The Labute approximate surface area is 202 Å². The van der Waals surface area contributed by atoms with E-state index in [4.69, 9.17) is 11.2 Å². The van der Waals surface area contributed by atoms with Crippen LogP contribution in [-0.2, 0) is 9.59 Å². The molecule has 0 spiro atoms. The molecule has 170 valence electrons. The van der Waals surface area contributed by atoms with Crippen LogP contribution in [0.4, 0.5) is 10.5 Å². The molecule has 1 fully saturated rings. The molecule has 1 aliphatic heterocycles. The SMILES string of the molecule is C#CCOc1ccc2ccccc2c1C=C1SC(=O)N(CC(=O)Nc2ccc(C)c(C)c2)C1=O. The summed E-state index contributed by atoms with van der Waals surface area (Å²) in [7, 11) is 0. The Kier molecular flexibility index (Phi) is 6.71. The van der Waals surface area contributed by atoms with Crippen LogP contribution in [0.3, 0.4) is 0 Å². The maximum Gasteiger partial charge on any atom is 0.294 e. The summed E-state index contributed by atoms with van der Waals surface area (Å²) in [5.74, 6) is 1.97. The van der Waals surface area contributed by atoms with Gasteiger partial charge in [0, 0.05) is 11.3 Å². The predicted octanol–water partition coefficient (Wildman–Crippen LogP) is 5.14. The van der Waals surface area contributed by atoms with Gasteiger partial charge in [-0.3, -0.25) is 19.3 Å².